The van der Waals surface area contributed by atoms with E-state index in [2.05, 4.69) is 11.4 Å². The van der Waals surface area contributed by atoms with Crippen LogP contribution in [0.4, 0.5) is 5.69 Å². The predicted molar refractivity (Wildman–Crippen MR) is 85.0 cm³/mol. The van der Waals surface area contributed by atoms with Crippen LogP contribution in [-0.2, 0) is 9.84 Å². The van der Waals surface area contributed by atoms with Gasteiger partial charge < -0.3 is 5.32 Å². The van der Waals surface area contributed by atoms with Crippen LogP contribution in [0.5, 0.6) is 0 Å². The molecule has 0 amide bonds. The fourth-order valence-electron chi connectivity index (χ4n) is 1.51. The first-order chi connectivity index (χ1) is 9.23. The van der Waals surface area contributed by atoms with Crippen LogP contribution in [-0.4, -0.2) is 31.7 Å². The Hall–Kier alpha value is -1.19. The van der Waals surface area contributed by atoms with Crippen molar-refractivity contribution < 1.29 is 8.42 Å². The molecular formula is C14H20N2O2S2. The average Bonchev–Trinajstić information content (AvgIpc) is 2.35. The zero-order chi connectivity index (χ0) is 15.4. The molecule has 0 heterocycles. The maximum atomic E-state index is 11.7. The van der Waals surface area contributed by atoms with E-state index in [0.29, 0.717) is 11.3 Å². The topological polar surface area (TPSA) is 70.0 Å². The summed E-state index contributed by atoms with van der Waals surface area (Å²) in [7, 11) is -3.16. The highest BCUT2D eigenvalue weighted by Crippen LogP contribution is 2.28. The molecule has 20 heavy (non-hydrogen) atoms. The van der Waals surface area contributed by atoms with E-state index in [1.165, 1.54) is 6.26 Å². The van der Waals surface area contributed by atoms with Crippen LogP contribution in [0.2, 0.25) is 0 Å². The molecule has 0 radical (unpaired) electrons. The molecule has 1 N–H and O–H groups in total. The minimum atomic E-state index is -3.16. The van der Waals surface area contributed by atoms with Crippen molar-refractivity contribution in [3.63, 3.8) is 0 Å². The molecule has 0 spiro atoms. The van der Waals surface area contributed by atoms with E-state index in [1.807, 2.05) is 19.1 Å². The van der Waals surface area contributed by atoms with Crippen LogP contribution in [0.1, 0.15) is 26.3 Å². The average molecular weight is 312 g/mol. The quantitative estimate of drug-likeness (QED) is 0.818. The minimum Gasteiger partial charge on any atom is -0.382 e. The third kappa shape index (κ3) is 3.90. The van der Waals surface area contributed by atoms with Crippen LogP contribution in [0.25, 0.3) is 0 Å². The van der Waals surface area contributed by atoms with Gasteiger partial charge in [0.05, 0.1) is 16.0 Å². The van der Waals surface area contributed by atoms with Crippen molar-refractivity contribution in [3.05, 3.63) is 23.8 Å². The Labute approximate surface area is 125 Å². The van der Waals surface area contributed by atoms with Crippen LogP contribution < -0.4 is 5.32 Å². The van der Waals surface area contributed by atoms with E-state index >= 15 is 0 Å². The van der Waals surface area contributed by atoms with E-state index in [1.54, 1.807) is 31.7 Å². The molecule has 0 atom stereocenters. The van der Waals surface area contributed by atoms with Gasteiger partial charge in [-0.25, -0.2) is 8.42 Å². The van der Waals surface area contributed by atoms with Gasteiger partial charge in [-0.1, -0.05) is 13.0 Å². The lowest BCUT2D eigenvalue weighted by molar-refractivity contribution is 0.560. The molecule has 1 aromatic carbocycles. The Morgan fingerprint density at radius 2 is 2.05 bits per heavy atom. The fourth-order valence-corrected chi connectivity index (χ4v) is 2.63. The second-order valence-corrected chi connectivity index (χ2v) is 9.06. The SMILES string of the molecule is CCSc1cccc(NCC(C)(C)S(C)(=O)=O)c1C#N. The Morgan fingerprint density at radius 3 is 2.55 bits per heavy atom. The van der Waals surface area contributed by atoms with Gasteiger partial charge in [0.25, 0.3) is 0 Å². The van der Waals surface area contributed by atoms with Gasteiger partial charge in [-0.15, -0.1) is 11.8 Å². The zero-order valence-corrected chi connectivity index (χ0v) is 13.9. The van der Waals surface area contributed by atoms with Crippen molar-refractivity contribution in [1.29, 1.82) is 5.26 Å². The Bertz CT molecular complexity index is 617. The summed E-state index contributed by atoms with van der Waals surface area (Å²) in [6.07, 6.45) is 1.23. The summed E-state index contributed by atoms with van der Waals surface area (Å²) >= 11 is 1.60. The molecule has 4 nitrogen and oxygen atoms in total. The Morgan fingerprint density at radius 1 is 1.40 bits per heavy atom. The van der Waals surface area contributed by atoms with Gasteiger partial charge >= 0.3 is 0 Å². The van der Waals surface area contributed by atoms with E-state index < -0.39 is 14.6 Å². The standard InChI is InChI=1S/C14H20N2O2S2/c1-5-19-13-8-6-7-12(11(13)9-15)16-10-14(2,3)20(4,17)18/h6-8,16H,5,10H2,1-4H3. The summed E-state index contributed by atoms with van der Waals surface area (Å²) in [6.45, 7) is 5.64. The second kappa shape index (κ2) is 6.51. The van der Waals surface area contributed by atoms with Crippen molar-refractivity contribution in [2.45, 2.75) is 30.4 Å². The lowest BCUT2D eigenvalue weighted by atomic mass is 10.1. The molecule has 0 bridgehead atoms. The van der Waals surface area contributed by atoms with Gasteiger partial charge in [0.1, 0.15) is 6.07 Å². The van der Waals surface area contributed by atoms with Gasteiger partial charge in [-0.2, -0.15) is 5.26 Å². The number of anilines is 1. The van der Waals surface area contributed by atoms with Crippen molar-refractivity contribution in [1.82, 2.24) is 0 Å². The lowest BCUT2D eigenvalue weighted by Crippen LogP contribution is -2.38. The van der Waals surface area contributed by atoms with Gasteiger partial charge in [-0.05, 0) is 31.7 Å². The summed E-state index contributed by atoms with van der Waals surface area (Å²) in [5.74, 6) is 0.882. The summed E-state index contributed by atoms with van der Waals surface area (Å²) in [5, 5.41) is 12.4. The van der Waals surface area contributed by atoms with Gasteiger partial charge in [0.15, 0.2) is 9.84 Å². The molecule has 0 saturated heterocycles. The maximum Gasteiger partial charge on any atom is 0.154 e. The van der Waals surface area contributed by atoms with Crippen LogP contribution >= 0.6 is 11.8 Å². The number of hydrogen-bond acceptors (Lipinski definition) is 5. The molecule has 1 aromatic rings. The van der Waals surface area contributed by atoms with E-state index in [0.717, 1.165) is 10.6 Å². The lowest BCUT2D eigenvalue weighted by Gasteiger charge is -2.24. The monoisotopic (exact) mass is 312 g/mol. The van der Waals surface area contributed by atoms with Crippen LogP contribution in [0.15, 0.2) is 23.1 Å². The molecular weight excluding hydrogens is 292 g/mol. The molecule has 0 aliphatic heterocycles. The van der Waals surface area contributed by atoms with Crippen molar-refractivity contribution in [3.8, 4) is 6.07 Å². The molecule has 0 fully saturated rings. The molecule has 0 aromatic heterocycles. The van der Waals surface area contributed by atoms with Crippen LogP contribution in [0, 0.1) is 11.3 Å². The predicted octanol–water partition coefficient (Wildman–Crippen LogP) is 2.91. The number of rotatable bonds is 6. The largest absolute Gasteiger partial charge is 0.382 e. The first kappa shape index (κ1) is 16.9. The molecule has 0 aliphatic carbocycles. The molecule has 110 valence electrons. The highest BCUT2D eigenvalue weighted by atomic mass is 32.2. The normalized spacial score (nSPS) is 11.9. The van der Waals surface area contributed by atoms with Crippen molar-refractivity contribution >= 4 is 27.3 Å². The zero-order valence-electron chi connectivity index (χ0n) is 12.2. The fraction of sp³-hybridized carbons (Fsp3) is 0.500. The summed E-state index contributed by atoms with van der Waals surface area (Å²) in [4.78, 5) is 0.914. The van der Waals surface area contributed by atoms with Crippen LogP contribution in [0.3, 0.4) is 0 Å². The number of benzene rings is 1. The molecule has 1 rings (SSSR count). The van der Waals surface area contributed by atoms with E-state index in [4.69, 9.17) is 0 Å². The van der Waals surface area contributed by atoms with E-state index in [-0.39, 0.29) is 6.54 Å². The molecule has 0 unspecified atom stereocenters. The van der Waals surface area contributed by atoms with E-state index in [9.17, 15) is 13.7 Å². The second-order valence-electron chi connectivity index (χ2n) is 5.11. The maximum absolute atomic E-state index is 11.7. The molecule has 0 aliphatic rings. The van der Waals surface area contributed by atoms with Gasteiger partial charge in [-0.3, -0.25) is 0 Å². The van der Waals surface area contributed by atoms with Gasteiger partial charge in [0.2, 0.25) is 0 Å². The molecule has 0 saturated carbocycles. The summed E-state index contributed by atoms with van der Waals surface area (Å²) in [5.41, 5.74) is 1.26. The Kier molecular flexibility index (Phi) is 5.49. The van der Waals surface area contributed by atoms with Crippen molar-refractivity contribution in [2.24, 2.45) is 0 Å². The number of nitriles is 1. The third-order valence-corrected chi connectivity index (χ3v) is 6.24. The molecule has 6 heteroatoms. The number of thioether (sulfide) groups is 1. The summed E-state index contributed by atoms with van der Waals surface area (Å²) in [6, 6.07) is 7.77. The first-order valence-corrected chi connectivity index (χ1v) is 9.20. The third-order valence-electron chi connectivity index (χ3n) is 3.15. The Balaban J connectivity index is 3.00. The number of nitrogens with one attached hydrogen (secondary N) is 1. The number of sulfone groups is 1. The number of nitrogens with zero attached hydrogens (tertiary/aromatic N) is 1. The smallest absolute Gasteiger partial charge is 0.154 e. The first-order valence-electron chi connectivity index (χ1n) is 6.32. The number of hydrogen-bond donors (Lipinski definition) is 1. The summed E-state index contributed by atoms with van der Waals surface area (Å²) < 4.78 is 22.5. The highest BCUT2D eigenvalue weighted by Gasteiger charge is 2.30. The minimum absolute atomic E-state index is 0.265. The van der Waals surface area contributed by atoms with Crippen molar-refractivity contribution in [2.75, 3.05) is 23.9 Å². The van der Waals surface area contributed by atoms with Gasteiger partial charge in [0, 0.05) is 17.7 Å². The highest BCUT2D eigenvalue weighted by molar-refractivity contribution is 7.99.